The Morgan fingerprint density at radius 2 is 1.81 bits per heavy atom. The minimum Gasteiger partial charge on any atom is -0.453 e. The summed E-state index contributed by atoms with van der Waals surface area (Å²) in [6.45, 7) is -0.255. The summed E-state index contributed by atoms with van der Waals surface area (Å²) in [5.74, 6) is -1.05. The average molecular weight is 471 g/mol. The van der Waals surface area contributed by atoms with Crippen LogP contribution in [0.2, 0.25) is 5.02 Å². The highest BCUT2D eigenvalue weighted by Crippen LogP contribution is 2.28. The minimum absolute atomic E-state index is 0.000385. The number of hydrogen-bond acceptors (Lipinski definition) is 8. The van der Waals surface area contributed by atoms with Crippen molar-refractivity contribution in [2.45, 2.75) is 4.90 Å². The van der Waals surface area contributed by atoms with E-state index in [1.165, 1.54) is 37.4 Å². The Labute approximate surface area is 183 Å². The van der Waals surface area contributed by atoms with E-state index in [9.17, 15) is 18.0 Å². The molecule has 0 saturated carbocycles. The Hall–Kier alpha value is -3.35. The topological polar surface area (TPSA) is 156 Å². The van der Waals surface area contributed by atoms with Gasteiger partial charge in [0.25, 0.3) is 0 Å². The van der Waals surface area contributed by atoms with Crippen LogP contribution in [0.15, 0.2) is 47.4 Å². The summed E-state index contributed by atoms with van der Waals surface area (Å²) in [6.07, 6.45) is -0.921. The van der Waals surface area contributed by atoms with Crippen molar-refractivity contribution in [1.29, 1.82) is 5.41 Å². The molecule has 0 aliphatic rings. The van der Waals surface area contributed by atoms with E-state index in [0.29, 0.717) is 0 Å². The van der Waals surface area contributed by atoms with Crippen molar-refractivity contribution < 1.29 is 31.7 Å². The standard InChI is InChI=1S/C18H19ClN4O7S/c1-28-10-16(24)21-14-7-6-13(9-15(14)22-17(20)23-18(25)29-2)31(26,27)30-12-5-3-4-11(19)8-12/h3-9H,10H2,1-2H3,(H,21,24)(H3,20,22,23,25). The molecule has 2 aromatic carbocycles. The number of ether oxygens (including phenoxy) is 2. The molecule has 0 bridgehead atoms. The summed E-state index contributed by atoms with van der Waals surface area (Å²) in [5, 5.41) is 15.1. The van der Waals surface area contributed by atoms with Gasteiger partial charge in [0.15, 0.2) is 0 Å². The molecule has 0 saturated heterocycles. The van der Waals surface area contributed by atoms with E-state index in [1.54, 1.807) is 6.07 Å². The number of carbonyl (C=O) groups excluding carboxylic acids is 2. The number of guanidine groups is 1. The van der Waals surface area contributed by atoms with Gasteiger partial charge >= 0.3 is 16.2 Å². The van der Waals surface area contributed by atoms with Crippen molar-refractivity contribution in [3.05, 3.63) is 47.5 Å². The van der Waals surface area contributed by atoms with Crippen LogP contribution in [0.5, 0.6) is 5.75 Å². The molecule has 0 spiro atoms. The molecule has 0 aromatic heterocycles. The first-order chi connectivity index (χ1) is 14.6. The van der Waals surface area contributed by atoms with E-state index in [-0.39, 0.29) is 33.6 Å². The molecule has 31 heavy (non-hydrogen) atoms. The molecule has 2 aromatic rings. The van der Waals surface area contributed by atoms with Crippen LogP contribution in [0.1, 0.15) is 0 Å². The second-order valence-electron chi connectivity index (χ2n) is 5.80. The van der Waals surface area contributed by atoms with Gasteiger partial charge in [-0.3, -0.25) is 15.5 Å². The van der Waals surface area contributed by atoms with Crippen LogP contribution < -0.4 is 20.1 Å². The molecule has 4 N–H and O–H groups in total. The Bertz CT molecular complexity index is 1090. The van der Waals surface area contributed by atoms with Crippen LogP contribution in [-0.4, -0.2) is 47.2 Å². The van der Waals surface area contributed by atoms with Gasteiger partial charge < -0.3 is 24.3 Å². The van der Waals surface area contributed by atoms with Gasteiger partial charge in [-0.25, -0.2) is 4.79 Å². The first kappa shape index (κ1) is 23.9. The van der Waals surface area contributed by atoms with Crippen LogP contribution in [0, 0.1) is 5.41 Å². The van der Waals surface area contributed by atoms with Crippen LogP contribution in [0.25, 0.3) is 0 Å². The number of benzene rings is 2. The van der Waals surface area contributed by atoms with Gasteiger partial charge in [-0.15, -0.1) is 0 Å². The van der Waals surface area contributed by atoms with Crippen molar-refractivity contribution in [1.82, 2.24) is 5.32 Å². The van der Waals surface area contributed by atoms with Crippen molar-refractivity contribution in [3.63, 3.8) is 0 Å². The molecule has 0 heterocycles. The normalized spacial score (nSPS) is 10.7. The summed E-state index contributed by atoms with van der Waals surface area (Å²) in [6, 6.07) is 9.43. The Kier molecular flexibility index (Phi) is 8.19. The van der Waals surface area contributed by atoms with Crippen LogP contribution >= 0.6 is 11.6 Å². The maximum absolute atomic E-state index is 12.7. The third kappa shape index (κ3) is 7.13. The van der Waals surface area contributed by atoms with Crippen LogP contribution in [0.4, 0.5) is 16.2 Å². The quantitative estimate of drug-likeness (QED) is 0.273. The predicted molar refractivity (Wildman–Crippen MR) is 113 cm³/mol. The molecule has 11 nitrogen and oxygen atoms in total. The van der Waals surface area contributed by atoms with Gasteiger partial charge in [0.1, 0.15) is 17.3 Å². The predicted octanol–water partition coefficient (Wildman–Crippen LogP) is 2.40. The second-order valence-corrected chi connectivity index (χ2v) is 7.78. The zero-order chi connectivity index (χ0) is 23.0. The summed E-state index contributed by atoms with van der Waals surface area (Å²) in [5.41, 5.74) is 0.113. The van der Waals surface area contributed by atoms with E-state index in [4.69, 9.17) is 25.9 Å². The fourth-order valence-electron chi connectivity index (χ4n) is 2.22. The number of methoxy groups -OCH3 is 2. The molecule has 0 unspecified atom stereocenters. The van der Waals surface area contributed by atoms with Crippen molar-refractivity contribution in [3.8, 4) is 5.75 Å². The first-order valence-electron chi connectivity index (χ1n) is 8.48. The third-order valence-electron chi connectivity index (χ3n) is 3.50. The Morgan fingerprint density at radius 3 is 2.45 bits per heavy atom. The average Bonchev–Trinajstić information content (AvgIpc) is 2.68. The van der Waals surface area contributed by atoms with Gasteiger partial charge in [0.05, 0.1) is 18.5 Å². The summed E-state index contributed by atoms with van der Waals surface area (Å²) < 4.78 is 39.6. The number of nitrogens with one attached hydrogen (secondary N) is 4. The number of carbonyl (C=O) groups is 2. The van der Waals surface area contributed by atoms with Gasteiger partial charge in [-0.1, -0.05) is 17.7 Å². The van der Waals surface area contributed by atoms with Gasteiger partial charge in [0, 0.05) is 18.2 Å². The highest BCUT2D eigenvalue weighted by Gasteiger charge is 2.20. The van der Waals surface area contributed by atoms with Crippen LogP contribution in [-0.2, 0) is 24.4 Å². The molecule has 0 fully saturated rings. The summed E-state index contributed by atoms with van der Waals surface area (Å²) in [4.78, 5) is 22.9. The summed E-state index contributed by atoms with van der Waals surface area (Å²) in [7, 11) is -1.85. The third-order valence-corrected chi connectivity index (χ3v) is 4.98. The van der Waals surface area contributed by atoms with Gasteiger partial charge in [-0.05, 0) is 30.3 Å². The molecular formula is C18H19ClN4O7S. The number of hydrogen-bond donors (Lipinski definition) is 4. The Balaban J connectivity index is 2.36. The lowest BCUT2D eigenvalue weighted by molar-refractivity contribution is -0.119. The van der Waals surface area contributed by atoms with Crippen LogP contribution in [0.3, 0.4) is 0 Å². The highest BCUT2D eigenvalue weighted by molar-refractivity contribution is 7.87. The molecule has 2 rings (SSSR count). The number of rotatable bonds is 7. The number of halogens is 1. The minimum atomic E-state index is -4.29. The lowest BCUT2D eigenvalue weighted by atomic mass is 10.2. The molecule has 0 atom stereocenters. The smallest absolute Gasteiger partial charge is 0.413 e. The van der Waals surface area contributed by atoms with E-state index >= 15 is 0 Å². The molecule has 166 valence electrons. The first-order valence-corrected chi connectivity index (χ1v) is 10.3. The van der Waals surface area contributed by atoms with Crippen molar-refractivity contribution >= 4 is 51.1 Å². The molecule has 0 radical (unpaired) electrons. The maximum atomic E-state index is 12.7. The zero-order valence-corrected chi connectivity index (χ0v) is 18.0. The van der Waals surface area contributed by atoms with E-state index in [1.807, 2.05) is 0 Å². The number of amides is 2. The molecular weight excluding hydrogens is 452 g/mol. The number of anilines is 2. The highest BCUT2D eigenvalue weighted by atomic mass is 35.5. The van der Waals surface area contributed by atoms with E-state index in [2.05, 4.69) is 20.7 Å². The molecule has 2 amide bonds. The SMILES string of the molecule is COCC(=O)Nc1ccc(S(=O)(=O)Oc2cccc(Cl)c2)cc1NC(=N)NC(=O)OC. The molecule has 0 aliphatic heterocycles. The van der Waals surface area contributed by atoms with Gasteiger partial charge in [0.2, 0.25) is 11.9 Å². The van der Waals surface area contributed by atoms with E-state index < -0.39 is 28.1 Å². The largest absolute Gasteiger partial charge is 0.453 e. The number of alkyl carbamates (subject to hydrolysis) is 1. The maximum Gasteiger partial charge on any atom is 0.413 e. The summed E-state index contributed by atoms with van der Waals surface area (Å²) >= 11 is 5.85. The lowest BCUT2D eigenvalue weighted by Gasteiger charge is -2.15. The monoisotopic (exact) mass is 470 g/mol. The molecule has 13 heteroatoms. The Morgan fingerprint density at radius 1 is 1.06 bits per heavy atom. The van der Waals surface area contributed by atoms with E-state index in [0.717, 1.165) is 13.2 Å². The van der Waals surface area contributed by atoms with Crippen molar-refractivity contribution in [2.24, 2.45) is 0 Å². The zero-order valence-electron chi connectivity index (χ0n) is 16.4. The van der Waals surface area contributed by atoms with Crippen molar-refractivity contribution in [2.75, 3.05) is 31.5 Å². The van der Waals surface area contributed by atoms with Gasteiger partial charge in [-0.2, -0.15) is 8.42 Å². The fraction of sp³-hybridized carbons (Fsp3) is 0.167. The molecule has 0 aliphatic carbocycles. The lowest BCUT2D eigenvalue weighted by Crippen LogP contribution is -2.35. The fourth-order valence-corrected chi connectivity index (χ4v) is 3.35. The second kappa shape index (κ2) is 10.6.